The number of nitrogens with zero attached hydrogens (tertiary/aromatic N) is 2. The molecule has 0 radical (unpaired) electrons. The summed E-state index contributed by atoms with van der Waals surface area (Å²) in [5, 5.41) is 0. The fraction of sp³-hybridized carbons (Fsp3) is 0.385. The summed E-state index contributed by atoms with van der Waals surface area (Å²) in [5.41, 5.74) is 0.757. The van der Waals surface area contributed by atoms with E-state index in [0.29, 0.717) is 10.0 Å². The van der Waals surface area contributed by atoms with E-state index < -0.39 is 14.6 Å². The van der Waals surface area contributed by atoms with E-state index in [0.717, 1.165) is 10.6 Å². The topological polar surface area (TPSA) is 59.9 Å². The van der Waals surface area contributed by atoms with Crippen molar-refractivity contribution in [2.45, 2.75) is 36.7 Å². The van der Waals surface area contributed by atoms with Crippen molar-refractivity contribution >= 4 is 21.2 Å². The van der Waals surface area contributed by atoms with E-state index in [-0.39, 0.29) is 0 Å². The van der Waals surface area contributed by atoms with Gasteiger partial charge in [0.25, 0.3) is 0 Å². The molecule has 0 aliphatic carbocycles. The lowest BCUT2D eigenvalue weighted by atomic mass is 10.3. The van der Waals surface area contributed by atoms with Gasteiger partial charge in [-0.15, -0.1) is 11.3 Å². The average molecular weight is 296 g/mol. The van der Waals surface area contributed by atoms with Gasteiger partial charge in [-0.3, -0.25) is 0 Å². The maximum atomic E-state index is 12.3. The summed E-state index contributed by atoms with van der Waals surface area (Å²) in [6.45, 7) is 6.92. The second kappa shape index (κ2) is 4.68. The van der Waals surface area contributed by atoms with Crippen LogP contribution in [0.5, 0.6) is 0 Å². The largest absolute Gasteiger partial charge is 0.242 e. The van der Waals surface area contributed by atoms with Crippen LogP contribution in [0.25, 0.3) is 10.6 Å². The van der Waals surface area contributed by atoms with Crippen molar-refractivity contribution in [3.8, 4) is 10.6 Å². The summed E-state index contributed by atoms with van der Waals surface area (Å²) in [7, 11) is -3.30. The van der Waals surface area contributed by atoms with Crippen molar-refractivity contribution in [1.82, 2.24) is 9.97 Å². The average Bonchev–Trinajstić information content (AvgIpc) is 2.77. The summed E-state index contributed by atoms with van der Waals surface area (Å²) in [6.07, 6.45) is 1.68. The van der Waals surface area contributed by atoms with Crippen LogP contribution >= 0.6 is 11.3 Å². The molecule has 0 atom stereocenters. The molecule has 0 spiro atoms. The van der Waals surface area contributed by atoms with Crippen LogP contribution in [0.4, 0.5) is 0 Å². The second-order valence-electron chi connectivity index (χ2n) is 5.22. The van der Waals surface area contributed by atoms with Crippen molar-refractivity contribution < 1.29 is 8.42 Å². The summed E-state index contributed by atoms with van der Waals surface area (Å²) in [5.74, 6) is 0.672. The lowest BCUT2D eigenvalue weighted by Crippen LogP contribution is -2.27. The van der Waals surface area contributed by atoms with Crippen molar-refractivity contribution in [2.24, 2.45) is 0 Å². The maximum absolute atomic E-state index is 12.3. The van der Waals surface area contributed by atoms with Gasteiger partial charge in [-0.05, 0) is 45.9 Å². The van der Waals surface area contributed by atoms with Crippen molar-refractivity contribution in [1.29, 1.82) is 0 Å². The minimum Gasteiger partial charge on any atom is -0.242 e. The van der Waals surface area contributed by atoms with E-state index >= 15 is 0 Å². The highest BCUT2D eigenvalue weighted by Crippen LogP contribution is 2.34. The molecule has 4 nitrogen and oxygen atoms in total. The van der Waals surface area contributed by atoms with Crippen LogP contribution in [0.3, 0.4) is 0 Å². The normalized spacial score (nSPS) is 12.6. The van der Waals surface area contributed by atoms with Crippen LogP contribution in [0, 0.1) is 6.92 Å². The number of hydrogen-bond donors (Lipinski definition) is 0. The third kappa shape index (κ3) is 2.69. The Morgan fingerprint density at radius 3 is 2.42 bits per heavy atom. The van der Waals surface area contributed by atoms with Gasteiger partial charge < -0.3 is 0 Å². The number of aryl methyl sites for hydroxylation is 1. The third-order valence-corrected chi connectivity index (χ3v) is 6.77. The fourth-order valence-electron chi connectivity index (χ4n) is 1.50. The van der Waals surface area contributed by atoms with Gasteiger partial charge in [0.2, 0.25) is 0 Å². The Morgan fingerprint density at radius 2 is 1.84 bits per heavy atom. The quantitative estimate of drug-likeness (QED) is 0.854. The number of thiophene rings is 1. The van der Waals surface area contributed by atoms with Gasteiger partial charge in [-0.1, -0.05) is 0 Å². The zero-order valence-electron chi connectivity index (χ0n) is 11.3. The standard InChI is InChI=1S/C13H16N2O2S2/c1-9-14-8-7-10(15-9)11-5-6-12(18-11)19(16,17)13(2,3)4/h5-8H,1-4H3. The van der Waals surface area contributed by atoms with Crippen LogP contribution in [0.15, 0.2) is 28.6 Å². The molecule has 0 N–H and O–H groups in total. The van der Waals surface area contributed by atoms with Gasteiger partial charge in [-0.25, -0.2) is 18.4 Å². The lowest BCUT2D eigenvalue weighted by Gasteiger charge is -2.17. The first-order valence-electron chi connectivity index (χ1n) is 5.86. The van der Waals surface area contributed by atoms with Crippen molar-refractivity contribution in [3.05, 3.63) is 30.2 Å². The monoisotopic (exact) mass is 296 g/mol. The van der Waals surface area contributed by atoms with E-state index in [9.17, 15) is 8.42 Å². The van der Waals surface area contributed by atoms with E-state index in [1.54, 1.807) is 45.2 Å². The molecule has 0 amide bonds. The van der Waals surface area contributed by atoms with Crippen LogP contribution in [0.2, 0.25) is 0 Å². The summed E-state index contributed by atoms with van der Waals surface area (Å²) >= 11 is 1.25. The first-order chi connectivity index (χ1) is 8.72. The molecule has 0 bridgehead atoms. The number of aromatic nitrogens is 2. The number of sulfone groups is 1. The van der Waals surface area contributed by atoms with Gasteiger partial charge in [0.15, 0.2) is 9.84 Å². The molecular formula is C13H16N2O2S2. The molecule has 2 aromatic heterocycles. The molecule has 0 saturated heterocycles. The Morgan fingerprint density at radius 1 is 1.16 bits per heavy atom. The predicted octanol–water partition coefficient (Wildman–Crippen LogP) is 3.09. The molecule has 0 saturated carbocycles. The zero-order chi connectivity index (χ0) is 14.3. The Labute approximate surface area is 117 Å². The van der Waals surface area contributed by atoms with Crippen LogP contribution in [0.1, 0.15) is 26.6 Å². The lowest BCUT2D eigenvalue weighted by molar-refractivity contribution is 0.562. The third-order valence-electron chi connectivity index (χ3n) is 2.68. The Balaban J connectivity index is 2.46. The molecule has 0 aliphatic heterocycles. The fourth-order valence-corrected chi connectivity index (χ4v) is 4.51. The first kappa shape index (κ1) is 14.1. The van der Waals surface area contributed by atoms with E-state index in [2.05, 4.69) is 9.97 Å². The molecule has 2 heterocycles. The molecule has 0 aromatic carbocycles. The molecule has 0 fully saturated rings. The van der Waals surface area contributed by atoms with Gasteiger partial charge in [0.1, 0.15) is 10.0 Å². The molecule has 102 valence electrons. The van der Waals surface area contributed by atoms with Gasteiger partial charge in [-0.2, -0.15) is 0 Å². The van der Waals surface area contributed by atoms with E-state index in [1.807, 2.05) is 6.92 Å². The number of rotatable bonds is 2. The number of hydrogen-bond acceptors (Lipinski definition) is 5. The summed E-state index contributed by atoms with van der Waals surface area (Å²) < 4.78 is 24.3. The zero-order valence-corrected chi connectivity index (χ0v) is 13.0. The SMILES string of the molecule is Cc1nccc(-c2ccc(S(=O)(=O)C(C)(C)C)s2)n1. The molecule has 19 heavy (non-hydrogen) atoms. The van der Waals surface area contributed by atoms with Crippen LogP contribution in [-0.2, 0) is 9.84 Å². The Kier molecular flexibility index (Phi) is 3.49. The first-order valence-corrected chi connectivity index (χ1v) is 8.16. The molecule has 0 unspecified atom stereocenters. The van der Waals surface area contributed by atoms with Gasteiger partial charge in [0.05, 0.1) is 15.3 Å². The Hall–Kier alpha value is -1.27. The predicted molar refractivity (Wildman–Crippen MR) is 77.0 cm³/mol. The van der Waals surface area contributed by atoms with Crippen molar-refractivity contribution in [3.63, 3.8) is 0 Å². The minimum absolute atomic E-state index is 0.381. The molecule has 2 aromatic rings. The molecule has 2 rings (SSSR count). The second-order valence-corrected chi connectivity index (χ2v) is 9.24. The summed E-state index contributed by atoms with van der Waals surface area (Å²) in [6, 6.07) is 5.23. The molecule has 0 aliphatic rings. The van der Waals surface area contributed by atoms with Crippen molar-refractivity contribution in [2.75, 3.05) is 0 Å². The van der Waals surface area contributed by atoms with E-state index in [1.165, 1.54) is 11.3 Å². The Bertz CT molecular complexity index is 697. The minimum atomic E-state index is -3.30. The van der Waals surface area contributed by atoms with Gasteiger partial charge >= 0.3 is 0 Å². The molecule has 6 heteroatoms. The summed E-state index contributed by atoms with van der Waals surface area (Å²) in [4.78, 5) is 9.18. The van der Waals surface area contributed by atoms with E-state index in [4.69, 9.17) is 0 Å². The highest BCUT2D eigenvalue weighted by atomic mass is 32.2. The van der Waals surface area contributed by atoms with Gasteiger partial charge in [0, 0.05) is 6.20 Å². The van der Waals surface area contributed by atoms with Crippen LogP contribution in [-0.4, -0.2) is 23.1 Å². The maximum Gasteiger partial charge on any atom is 0.192 e. The molecular weight excluding hydrogens is 280 g/mol. The smallest absolute Gasteiger partial charge is 0.192 e. The van der Waals surface area contributed by atoms with Crippen LogP contribution < -0.4 is 0 Å². The highest BCUT2D eigenvalue weighted by molar-refractivity contribution is 7.94. The highest BCUT2D eigenvalue weighted by Gasteiger charge is 2.32.